The first-order valence-electron chi connectivity index (χ1n) is 11.9. The summed E-state index contributed by atoms with van der Waals surface area (Å²) in [5.41, 5.74) is 7.42. The number of nitrogens with one attached hydrogen (secondary N) is 1. The van der Waals surface area contributed by atoms with Crippen molar-refractivity contribution < 1.29 is 4.79 Å². The van der Waals surface area contributed by atoms with Crippen LogP contribution in [-0.4, -0.2) is 24.6 Å². The summed E-state index contributed by atoms with van der Waals surface area (Å²) in [6.45, 7) is 6.22. The summed E-state index contributed by atoms with van der Waals surface area (Å²) in [5.74, 6) is 0.223. The molecule has 0 bridgehead atoms. The Balaban J connectivity index is 1.58. The van der Waals surface area contributed by atoms with Gasteiger partial charge in [-0.05, 0) is 68.1 Å². The Hall–Kier alpha value is -3.37. The Morgan fingerprint density at radius 1 is 0.941 bits per heavy atom. The van der Waals surface area contributed by atoms with Gasteiger partial charge in [0.2, 0.25) is 0 Å². The quantitative estimate of drug-likeness (QED) is 0.432. The number of halogens is 1. The third kappa shape index (κ3) is 4.26. The predicted octanol–water partition coefficient (Wildman–Crippen LogP) is 7.13. The van der Waals surface area contributed by atoms with E-state index in [-0.39, 0.29) is 11.7 Å². The van der Waals surface area contributed by atoms with Gasteiger partial charge < -0.3 is 10.2 Å². The average molecular weight is 470 g/mol. The van der Waals surface area contributed by atoms with Crippen LogP contribution in [0, 0.1) is 0 Å². The number of hydrogen-bond donors (Lipinski definition) is 1. The van der Waals surface area contributed by atoms with E-state index in [4.69, 9.17) is 16.6 Å². The molecule has 0 aromatic heterocycles. The minimum atomic E-state index is 0.104. The highest BCUT2D eigenvalue weighted by molar-refractivity contribution is 6.31. The fourth-order valence-corrected chi connectivity index (χ4v) is 5.04. The summed E-state index contributed by atoms with van der Waals surface area (Å²) in [6, 6.07) is 24.2. The summed E-state index contributed by atoms with van der Waals surface area (Å²) in [6.07, 6.45) is 1.20. The number of hydrogen-bond acceptors (Lipinski definition) is 4. The van der Waals surface area contributed by atoms with Crippen molar-refractivity contribution in [2.24, 2.45) is 4.99 Å². The molecule has 1 N–H and O–H groups in total. The van der Waals surface area contributed by atoms with Crippen molar-refractivity contribution >= 4 is 40.2 Å². The molecule has 172 valence electrons. The average Bonchev–Trinajstić information content (AvgIpc) is 3.02. The first kappa shape index (κ1) is 22.4. The van der Waals surface area contributed by atoms with Crippen molar-refractivity contribution in [2.75, 3.05) is 23.3 Å². The first-order valence-corrected chi connectivity index (χ1v) is 12.3. The fraction of sp³-hybridized carbons (Fsp3) is 0.241. The van der Waals surface area contributed by atoms with Crippen molar-refractivity contribution in [3.8, 4) is 0 Å². The maximum Gasteiger partial charge on any atom is 0.167 e. The molecule has 5 rings (SSSR count). The molecule has 0 radical (unpaired) electrons. The summed E-state index contributed by atoms with van der Waals surface area (Å²) >= 11 is 6.10. The van der Waals surface area contributed by atoms with Gasteiger partial charge in [-0.15, -0.1) is 0 Å². The van der Waals surface area contributed by atoms with Crippen molar-refractivity contribution in [1.82, 2.24) is 0 Å². The normalized spacial score (nSPS) is 17.3. The van der Waals surface area contributed by atoms with E-state index in [1.807, 2.05) is 48.5 Å². The van der Waals surface area contributed by atoms with Crippen LogP contribution in [0.1, 0.15) is 43.7 Å². The van der Waals surface area contributed by atoms with Crippen LogP contribution in [0.25, 0.3) is 0 Å². The molecule has 0 saturated heterocycles. The smallest absolute Gasteiger partial charge is 0.167 e. The number of para-hydroxylation sites is 2. The van der Waals surface area contributed by atoms with E-state index in [1.165, 1.54) is 5.69 Å². The minimum absolute atomic E-state index is 0.104. The summed E-state index contributed by atoms with van der Waals surface area (Å²) in [4.78, 5) is 20.9. The van der Waals surface area contributed by atoms with Gasteiger partial charge >= 0.3 is 0 Å². The second-order valence-electron chi connectivity index (χ2n) is 8.76. The largest absolute Gasteiger partial charge is 0.372 e. The Morgan fingerprint density at radius 3 is 2.35 bits per heavy atom. The Bertz CT molecular complexity index is 1270. The van der Waals surface area contributed by atoms with Crippen LogP contribution in [-0.2, 0) is 4.79 Å². The standard InChI is InChI=1S/C29H28ClN3O/c1-3-33(4-2)23-15-11-20(12-16-23)29-28-26(31-24-7-5-6-8-25(24)32-29)17-21(18-27(28)34)19-9-13-22(30)14-10-19/h5-16,21,31H,3-4,17-18H2,1-2H3. The van der Waals surface area contributed by atoms with E-state index in [9.17, 15) is 4.79 Å². The molecule has 1 atom stereocenters. The minimum Gasteiger partial charge on any atom is -0.372 e. The fourth-order valence-electron chi connectivity index (χ4n) is 4.92. The molecular weight excluding hydrogens is 442 g/mol. The van der Waals surface area contributed by atoms with Crippen molar-refractivity contribution in [2.45, 2.75) is 32.6 Å². The number of benzene rings is 3. The molecule has 0 saturated carbocycles. The van der Waals surface area contributed by atoms with Crippen LogP contribution in [0.4, 0.5) is 17.1 Å². The van der Waals surface area contributed by atoms with Crippen molar-refractivity contribution in [1.29, 1.82) is 0 Å². The zero-order valence-corrected chi connectivity index (χ0v) is 20.3. The molecule has 3 aromatic carbocycles. The number of allylic oxidation sites excluding steroid dienone is 2. The second-order valence-corrected chi connectivity index (χ2v) is 9.19. The summed E-state index contributed by atoms with van der Waals surface area (Å²) < 4.78 is 0. The van der Waals surface area contributed by atoms with Crippen molar-refractivity contribution in [3.63, 3.8) is 0 Å². The number of fused-ring (bicyclic) bond motifs is 1. The van der Waals surface area contributed by atoms with Crippen LogP contribution >= 0.6 is 11.6 Å². The van der Waals surface area contributed by atoms with Gasteiger partial charge in [-0.25, -0.2) is 4.99 Å². The highest BCUT2D eigenvalue weighted by Crippen LogP contribution is 2.41. The van der Waals surface area contributed by atoms with Crippen molar-refractivity contribution in [3.05, 3.63) is 100 Å². The number of carbonyl (C=O) groups is 1. The number of nitrogens with zero attached hydrogens (tertiary/aromatic N) is 2. The molecule has 1 heterocycles. The molecule has 3 aromatic rings. The molecule has 2 aliphatic rings. The molecule has 5 heteroatoms. The molecule has 34 heavy (non-hydrogen) atoms. The lowest BCUT2D eigenvalue weighted by Crippen LogP contribution is -2.26. The van der Waals surface area contributed by atoms with Gasteiger partial charge in [0.25, 0.3) is 0 Å². The first-order chi connectivity index (χ1) is 16.6. The molecule has 0 spiro atoms. The SMILES string of the molecule is CCN(CC)c1ccc(C2=Nc3ccccc3NC3=C2C(=O)CC(c2ccc(Cl)cc2)C3)cc1. The zero-order valence-electron chi connectivity index (χ0n) is 19.5. The number of carbonyl (C=O) groups excluding carboxylic acids is 1. The maximum atomic E-state index is 13.6. The molecule has 1 unspecified atom stereocenters. The van der Waals surface area contributed by atoms with Crippen LogP contribution in [0.15, 0.2) is 89.1 Å². The Morgan fingerprint density at radius 2 is 1.65 bits per heavy atom. The van der Waals surface area contributed by atoms with Gasteiger partial charge in [0.05, 0.1) is 22.7 Å². The van der Waals surface area contributed by atoms with Crippen LogP contribution in [0.2, 0.25) is 5.02 Å². The third-order valence-corrected chi connectivity index (χ3v) is 6.98. The molecule has 1 aliphatic carbocycles. The Labute approximate surface area is 206 Å². The maximum absolute atomic E-state index is 13.6. The van der Waals surface area contributed by atoms with Crippen LogP contribution in [0.3, 0.4) is 0 Å². The van der Waals surface area contributed by atoms with E-state index >= 15 is 0 Å². The molecule has 1 aliphatic heterocycles. The lowest BCUT2D eigenvalue weighted by Gasteiger charge is -2.27. The predicted molar refractivity (Wildman–Crippen MR) is 142 cm³/mol. The van der Waals surface area contributed by atoms with E-state index in [0.717, 1.165) is 53.4 Å². The monoisotopic (exact) mass is 469 g/mol. The number of aliphatic imine (C=N–C) groups is 1. The molecule has 0 fully saturated rings. The van der Waals surface area contributed by atoms with E-state index in [1.54, 1.807) is 0 Å². The number of anilines is 2. The summed E-state index contributed by atoms with van der Waals surface area (Å²) in [5, 5.41) is 4.26. The van der Waals surface area contributed by atoms with Gasteiger partial charge in [-0.3, -0.25) is 4.79 Å². The van der Waals surface area contributed by atoms with Gasteiger partial charge in [-0.1, -0.05) is 48.0 Å². The molecular formula is C29H28ClN3O. The highest BCUT2D eigenvalue weighted by atomic mass is 35.5. The zero-order chi connectivity index (χ0) is 23.7. The van der Waals surface area contributed by atoms with E-state index in [0.29, 0.717) is 17.0 Å². The van der Waals surface area contributed by atoms with Gasteiger partial charge in [-0.2, -0.15) is 0 Å². The summed E-state index contributed by atoms with van der Waals surface area (Å²) in [7, 11) is 0. The number of ketones is 1. The van der Waals surface area contributed by atoms with Crippen LogP contribution in [0.5, 0.6) is 0 Å². The van der Waals surface area contributed by atoms with Gasteiger partial charge in [0.15, 0.2) is 5.78 Å². The van der Waals surface area contributed by atoms with E-state index in [2.05, 4.69) is 48.3 Å². The molecule has 0 amide bonds. The van der Waals surface area contributed by atoms with Gasteiger partial charge in [0, 0.05) is 41.5 Å². The second kappa shape index (κ2) is 9.47. The topological polar surface area (TPSA) is 44.7 Å². The number of Topliss-reactive ketones (excluding diaryl/α,β-unsaturated/α-hetero) is 1. The van der Waals surface area contributed by atoms with Gasteiger partial charge in [0.1, 0.15) is 0 Å². The molecule has 4 nitrogen and oxygen atoms in total. The Kier molecular flexibility index (Phi) is 6.25. The van der Waals surface area contributed by atoms with Crippen LogP contribution < -0.4 is 10.2 Å². The highest BCUT2D eigenvalue weighted by Gasteiger charge is 2.33. The third-order valence-electron chi connectivity index (χ3n) is 6.73. The lowest BCUT2D eigenvalue weighted by molar-refractivity contribution is -0.115. The lowest BCUT2D eigenvalue weighted by atomic mass is 9.79. The van der Waals surface area contributed by atoms with E-state index < -0.39 is 0 Å². The number of rotatable bonds is 5.